The molecule has 0 spiro atoms. The molecule has 1 heterocycles. The SMILES string of the molecule is CSc1ccc(C2C=C(O[Si](C)(C)C)OC2)cc1. The van der Waals surface area contributed by atoms with Crippen LogP contribution in [0.25, 0.3) is 0 Å². The highest BCUT2D eigenvalue weighted by atomic mass is 32.2. The first-order chi connectivity index (χ1) is 8.48. The van der Waals surface area contributed by atoms with Gasteiger partial charge in [-0.3, -0.25) is 0 Å². The lowest BCUT2D eigenvalue weighted by Crippen LogP contribution is -2.24. The van der Waals surface area contributed by atoms with Crippen molar-refractivity contribution < 1.29 is 9.16 Å². The summed E-state index contributed by atoms with van der Waals surface area (Å²) in [6, 6.07) is 8.66. The van der Waals surface area contributed by atoms with Gasteiger partial charge in [0.1, 0.15) is 6.61 Å². The highest BCUT2D eigenvalue weighted by Crippen LogP contribution is 2.29. The summed E-state index contributed by atoms with van der Waals surface area (Å²) in [5.41, 5.74) is 1.29. The Hall–Kier alpha value is -0.873. The molecule has 0 saturated heterocycles. The lowest BCUT2D eigenvalue weighted by molar-refractivity contribution is 0.124. The maximum atomic E-state index is 5.87. The van der Waals surface area contributed by atoms with E-state index in [4.69, 9.17) is 9.16 Å². The second-order valence-corrected chi connectivity index (χ2v) is 10.7. The summed E-state index contributed by atoms with van der Waals surface area (Å²) >= 11 is 1.76. The van der Waals surface area contributed by atoms with Gasteiger partial charge in [0.05, 0.1) is 0 Å². The van der Waals surface area contributed by atoms with Gasteiger partial charge < -0.3 is 9.16 Å². The summed E-state index contributed by atoms with van der Waals surface area (Å²) < 4.78 is 11.5. The molecule has 0 N–H and O–H groups in total. The third-order valence-corrected chi connectivity index (χ3v) is 4.25. The van der Waals surface area contributed by atoms with E-state index >= 15 is 0 Å². The van der Waals surface area contributed by atoms with Crippen LogP contribution < -0.4 is 0 Å². The molecular formula is C14H20O2SSi. The van der Waals surface area contributed by atoms with Gasteiger partial charge in [0.2, 0.25) is 8.32 Å². The second-order valence-electron chi connectivity index (χ2n) is 5.39. The molecule has 0 aromatic heterocycles. The number of rotatable bonds is 4. The fourth-order valence-electron chi connectivity index (χ4n) is 1.84. The van der Waals surface area contributed by atoms with Gasteiger partial charge in [-0.15, -0.1) is 11.8 Å². The van der Waals surface area contributed by atoms with Gasteiger partial charge in [-0.1, -0.05) is 12.1 Å². The molecule has 0 radical (unpaired) electrons. The van der Waals surface area contributed by atoms with E-state index in [-0.39, 0.29) is 0 Å². The van der Waals surface area contributed by atoms with Crippen molar-refractivity contribution >= 4 is 20.1 Å². The lowest BCUT2D eigenvalue weighted by Gasteiger charge is -2.18. The third-order valence-electron chi connectivity index (χ3n) is 2.69. The Bertz CT molecular complexity index is 434. The van der Waals surface area contributed by atoms with Gasteiger partial charge in [-0.2, -0.15) is 0 Å². The van der Waals surface area contributed by atoms with Gasteiger partial charge in [-0.05, 0) is 43.6 Å². The van der Waals surface area contributed by atoms with Crippen LogP contribution in [0.4, 0.5) is 0 Å². The number of hydrogen-bond acceptors (Lipinski definition) is 3. The molecule has 0 amide bonds. The van der Waals surface area contributed by atoms with Crippen molar-refractivity contribution in [2.75, 3.05) is 12.9 Å². The standard InChI is InChI=1S/C14H20O2SSi/c1-17-13-7-5-11(6-8-13)12-9-14(15-10-12)16-18(2,3)4/h5-9,12H,10H2,1-4H3. The minimum atomic E-state index is -1.56. The van der Waals surface area contributed by atoms with Gasteiger partial charge in [0.25, 0.3) is 5.95 Å². The van der Waals surface area contributed by atoms with Crippen LogP contribution in [0.2, 0.25) is 19.6 Å². The van der Waals surface area contributed by atoms with E-state index in [0.717, 1.165) is 0 Å². The number of hydrogen-bond donors (Lipinski definition) is 0. The van der Waals surface area contributed by atoms with Crippen LogP contribution in [0.5, 0.6) is 0 Å². The summed E-state index contributed by atoms with van der Waals surface area (Å²) in [6.07, 6.45) is 4.19. The van der Waals surface area contributed by atoms with E-state index in [1.165, 1.54) is 10.5 Å². The molecule has 1 aliphatic heterocycles. The van der Waals surface area contributed by atoms with Crippen molar-refractivity contribution in [3.8, 4) is 0 Å². The van der Waals surface area contributed by atoms with Crippen molar-refractivity contribution in [1.29, 1.82) is 0 Å². The fraction of sp³-hybridized carbons (Fsp3) is 0.429. The second kappa shape index (κ2) is 5.41. The zero-order valence-corrected chi connectivity index (χ0v) is 13.2. The molecule has 0 bridgehead atoms. The molecule has 0 aliphatic carbocycles. The molecule has 0 saturated carbocycles. The summed E-state index contributed by atoms with van der Waals surface area (Å²) in [5, 5.41) is 0. The lowest BCUT2D eigenvalue weighted by atomic mass is 10.0. The summed E-state index contributed by atoms with van der Waals surface area (Å²) in [6.45, 7) is 7.19. The van der Waals surface area contributed by atoms with Crippen LogP contribution in [0.1, 0.15) is 11.5 Å². The number of benzene rings is 1. The summed E-state index contributed by atoms with van der Waals surface area (Å²) in [4.78, 5) is 1.29. The van der Waals surface area contributed by atoms with Gasteiger partial charge in [0, 0.05) is 16.9 Å². The minimum Gasteiger partial charge on any atom is -0.520 e. The van der Waals surface area contributed by atoms with E-state index < -0.39 is 8.32 Å². The molecule has 1 aromatic rings. The first kappa shape index (κ1) is 13.6. The van der Waals surface area contributed by atoms with E-state index in [1.54, 1.807) is 11.8 Å². The summed E-state index contributed by atoms with van der Waals surface area (Å²) in [5.74, 6) is 1.04. The first-order valence-electron chi connectivity index (χ1n) is 6.15. The van der Waals surface area contributed by atoms with Crippen molar-refractivity contribution in [2.45, 2.75) is 30.5 Å². The number of ether oxygens (including phenoxy) is 1. The molecule has 1 atom stereocenters. The van der Waals surface area contributed by atoms with Crippen LogP contribution in [-0.2, 0) is 9.16 Å². The minimum absolute atomic E-state index is 0.326. The van der Waals surface area contributed by atoms with Crippen LogP contribution in [-0.4, -0.2) is 21.2 Å². The van der Waals surface area contributed by atoms with E-state index in [2.05, 4.69) is 56.2 Å². The highest BCUT2D eigenvalue weighted by molar-refractivity contribution is 7.98. The monoisotopic (exact) mass is 280 g/mol. The van der Waals surface area contributed by atoms with E-state index in [9.17, 15) is 0 Å². The Balaban J connectivity index is 2.06. The molecule has 2 rings (SSSR count). The zero-order valence-electron chi connectivity index (χ0n) is 11.4. The van der Waals surface area contributed by atoms with Crippen LogP contribution >= 0.6 is 11.8 Å². The predicted octanol–water partition coefficient (Wildman–Crippen LogP) is 4.22. The van der Waals surface area contributed by atoms with Crippen molar-refractivity contribution in [3.63, 3.8) is 0 Å². The van der Waals surface area contributed by atoms with Crippen LogP contribution in [0, 0.1) is 0 Å². The molecule has 1 aliphatic rings. The maximum absolute atomic E-state index is 5.87. The Kier molecular flexibility index (Phi) is 4.07. The smallest absolute Gasteiger partial charge is 0.261 e. The van der Waals surface area contributed by atoms with E-state index in [0.29, 0.717) is 18.5 Å². The Morgan fingerprint density at radius 2 is 1.89 bits per heavy atom. The first-order valence-corrected chi connectivity index (χ1v) is 10.8. The topological polar surface area (TPSA) is 18.5 Å². The van der Waals surface area contributed by atoms with Gasteiger partial charge >= 0.3 is 0 Å². The third kappa shape index (κ3) is 3.56. The molecule has 4 heteroatoms. The molecule has 2 nitrogen and oxygen atoms in total. The Morgan fingerprint density at radius 1 is 1.22 bits per heavy atom. The quantitative estimate of drug-likeness (QED) is 0.608. The molecular weight excluding hydrogens is 260 g/mol. The van der Waals surface area contributed by atoms with Gasteiger partial charge in [0.15, 0.2) is 0 Å². The molecule has 18 heavy (non-hydrogen) atoms. The Labute approximate surface area is 115 Å². The summed E-state index contributed by atoms with van der Waals surface area (Å²) in [7, 11) is -1.56. The normalized spacial score (nSPS) is 19.3. The van der Waals surface area contributed by atoms with Crippen molar-refractivity contribution in [3.05, 3.63) is 41.9 Å². The molecule has 1 unspecified atom stereocenters. The number of thioether (sulfide) groups is 1. The average Bonchev–Trinajstić information content (AvgIpc) is 2.75. The molecule has 0 fully saturated rings. The average molecular weight is 280 g/mol. The maximum Gasteiger partial charge on any atom is 0.261 e. The Morgan fingerprint density at radius 3 is 2.44 bits per heavy atom. The van der Waals surface area contributed by atoms with Crippen molar-refractivity contribution in [2.24, 2.45) is 0 Å². The van der Waals surface area contributed by atoms with Crippen LogP contribution in [0.3, 0.4) is 0 Å². The predicted molar refractivity (Wildman–Crippen MR) is 79.4 cm³/mol. The van der Waals surface area contributed by atoms with Gasteiger partial charge in [-0.25, -0.2) is 0 Å². The largest absolute Gasteiger partial charge is 0.520 e. The van der Waals surface area contributed by atoms with E-state index in [1.807, 2.05) is 0 Å². The molecule has 1 aromatic carbocycles. The highest BCUT2D eigenvalue weighted by Gasteiger charge is 2.25. The molecule has 98 valence electrons. The fourth-order valence-corrected chi connectivity index (χ4v) is 2.98. The zero-order chi connectivity index (χ0) is 13.2. The van der Waals surface area contributed by atoms with Crippen molar-refractivity contribution in [1.82, 2.24) is 0 Å². The van der Waals surface area contributed by atoms with Crippen LogP contribution in [0.15, 0.2) is 41.2 Å².